The summed E-state index contributed by atoms with van der Waals surface area (Å²) in [6.45, 7) is 9.54. The van der Waals surface area contributed by atoms with Crippen molar-refractivity contribution in [2.24, 2.45) is 0 Å². The first-order chi connectivity index (χ1) is 6.02. The van der Waals surface area contributed by atoms with Crippen molar-refractivity contribution in [1.82, 2.24) is 5.32 Å². The van der Waals surface area contributed by atoms with E-state index in [1.54, 1.807) is 0 Å². The first-order valence-electron chi connectivity index (χ1n) is 5.33. The van der Waals surface area contributed by atoms with Crippen LogP contribution in [0.25, 0.3) is 0 Å². The van der Waals surface area contributed by atoms with Crippen molar-refractivity contribution in [2.45, 2.75) is 58.6 Å². The zero-order valence-electron chi connectivity index (χ0n) is 9.81. The van der Waals surface area contributed by atoms with Crippen LogP contribution in [-0.2, 0) is 4.74 Å². The van der Waals surface area contributed by atoms with Gasteiger partial charge < -0.3 is 10.1 Å². The highest BCUT2D eigenvalue weighted by Gasteiger charge is 2.14. The fraction of sp³-hybridized carbons (Fsp3) is 1.00. The lowest BCUT2D eigenvalue weighted by atomic mass is 10.1. The zero-order valence-corrected chi connectivity index (χ0v) is 9.81. The van der Waals surface area contributed by atoms with Gasteiger partial charge in [0.1, 0.15) is 0 Å². The summed E-state index contributed by atoms with van der Waals surface area (Å²) in [5.41, 5.74) is 0.0584. The largest absolute Gasteiger partial charge is 0.376 e. The predicted molar refractivity (Wildman–Crippen MR) is 58.1 cm³/mol. The Labute approximate surface area is 83.1 Å². The number of hydrogen-bond acceptors (Lipinski definition) is 2. The average molecular weight is 187 g/mol. The van der Waals surface area contributed by atoms with Crippen molar-refractivity contribution in [1.29, 1.82) is 0 Å². The van der Waals surface area contributed by atoms with Gasteiger partial charge in [0.15, 0.2) is 0 Å². The van der Waals surface area contributed by atoms with Crippen LogP contribution in [0.2, 0.25) is 0 Å². The molecule has 0 aromatic rings. The van der Waals surface area contributed by atoms with E-state index in [1.165, 1.54) is 6.42 Å². The summed E-state index contributed by atoms with van der Waals surface area (Å²) >= 11 is 0. The average Bonchev–Trinajstić information content (AvgIpc) is 2.12. The molecule has 0 aliphatic heterocycles. The maximum absolute atomic E-state index is 5.75. The van der Waals surface area contributed by atoms with E-state index in [-0.39, 0.29) is 5.60 Å². The summed E-state index contributed by atoms with van der Waals surface area (Å²) in [5, 5.41) is 3.22. The van der Waals surface area contributed by atoms with Crippen molar-refractivity contribution in [3.63, 3.8) is 0 Å². The van der Waals surface area contributed by atoms with E-state index < -0.39 is 0 Å². The maximum atomic E-state index is 5.75. The molecule has 0 aliphatic carbocycles. The van der Waals surface area contributed by atoms with Crippen molar-refractivity contribution in [3.8, 4) is 0 Å². The maximum Gasteiger partial charge on any atom is 0.0623 e. The Morgan fingerprint density at radius 2 is 2.00 bits per heavy atom. The van der Waals surface area contributed by atoms with E-state index in [0.29, 0.717) is 6.04 Å². The Morgan fingerprint density at radius 3 is 2.46 bits per heavy atom. The summed E-state index contributed by atoms with van der Waals surface area (Å²) in [6, 6.07) is 0.605. The molecule has 0 saturated heterocycles. The van der Waals surface area contributed by atoms with Crippen LogP contribution < -0.4 is 5.32 Å². The standard InChI is InChI=1S/C11H25NO/c1-6-11(3,4)13-9-7-8-10(2)12-5/h10,12H,6-9H2,1-5H3. The van der Waals surface area contributed by atoms with Gasteiger partial charge in [0, 0.05) is 12.6 Å². The van der Waals surface area contributed by atoms with Crippen LogP contribution in [0.15, 0.2) is 0 Å². The molecule has 0 radical (unpaired) electrons. The molecule has 0 amide bonds. The summed E-state index contributed by atoms with van der Waals surface area (Å²) in [5.74, 6) is 0. The van der Waals surface area contributed by atoms with Crippen molar-refractivity contribution in [3.05, 3.63) is 0 Å². The lowest BCUT2D eigenvalue weighted by Gasteiger charge is -2.23. The Morgan fingerprint density at radius 1 is 1.38 bits per heavy atom. The first kappa shape index (κ1) is 12.9. The zero-order chi connectivity index (χ0) is 10.3. The fourth-order valence-corrected chi connectivity index (χ4v) is 0.984. The van der Waals surface area contributed by atoms with Crippen molar-refractivity contribution < 1.29 is 4.74 Å². The van der Waals surface area contributed by atoms with E-state index in [4.69, 9.17) is 4.74 Å². The van der Waals surface area contributed by atoms with Crippen LogP contribution in [0.3, 0.4) is 0 Å². The van der Waals surface area contributed by atoms with Gasteiger partial charge in [0.25, 0.3) is 0 Å². The van der Waals surface area contributed by atoms with E-state index in [9.17, 15) is 0 Å². The molecule has 0 heterocycles. The number of nitrogens with one attached hydrogen (secondary N) is 1. The molecule has 0 aromatic carbocycles. The molecule has 1 N–H and O–H groups in total. The third-order valence-corrected chi connectivity index (χ3v) is 2.62. The minimum Gasteiger partial charge on any atom is -0.376 e. The van der Waals surface area contributed by atoms with E-state index in [1.807, 2.05) is 7.05 Å². The monoisotopic (exact) mass is 187 g/mol. The molecular formula is C11H25NO. The first-order valence-corrected chi connectivity index (χ1v) is 5.33. The second kappa shape index (κ2) is 6.39. The van der Waals surface area contributed by atoms with Gasteiger partial charge in [0.05, 0.1) is 5.60 Å². The van der Waals surface area contributed by atoms with Crippen LogP contribution in [-0.4, -0.2) is 25.3 Å². The fourth-order valence-electron chi connectivity index (χ4n) is 0.984. The van der Waals surface area contributed by atoms with Gasteiger partial charge in [-0.3, -0.25) is 0 Å². The topological polar surface area (TPSA) is 21.3 Å². The Kier molecular flexibility index (Phi) is 6.35. The lowest BCUT2D eigenvalue weighted by molar-refractivity contribution is -0.0220. The summed E-state index contributed by atoms with van der Waals surface area (Å²) in [7, 11) is 2.00. The van der Waals surface area contributed by atoms with Crippen molar-refractivity contribution >= 4 is 0 Å². The van der Waals surface area contributed by atoms with E-state index in [2.05, 4.69) is 33.0 Å². The van der Waals surface area contributed by atoms with Crippen LogP contribution in [0, 0.1) is 0 Å². The predicted octanol–water partition coefficient (Wildman–Crippen LogP) is 2.58. The quantitative estimate of drug-likeness (QED) is 0.619. The Bertz CT molecular complexity index is 123. The van der Waals surface area contributed by atoms with Crippen LogP contribution in [0.1, 0.15) is 47.0 Å². The molecule has 13 heavy (non-hydrogen) atoms. The molecule has 1 atom stereocenters. The van der Waals surface area contributed by atoms with Crippen LogP contribution in [0.4, 0.5) is 0 Å². The highest BCUT2D eigenvalue weighted by molar-refractivity contribution is 4.65. The summed E-state index contributed by atoms with van der Waals surface area (Å²) in [4.78, 5) is 0. The number of ether oxygens (including phenoxy) is 1. The molecule has 80 valence electrons. The number of rotatable bonds is 7. The molecule has 2 heteroatoms. The summed E-state index contributed by atoms with van der Waals surface area (Å²) < 4.78 is 5.75. The molecule has 0 saturated carbocycles. The van der Waals surface area contributed by atoms with Gasteiger partial charge in [-0.15, -0.1) is 0 Å². The van der Waals surface area contributed by atoms with Gasteiger partial charge >= 0.3 is 0 Å². The summed E-state index contributed by atoms with van der Waals surface area (Å²) in [6.07, 6.45) is 3.41. The minimum atomic E-state index is 0.0584. The smallest absolute Gasteiger partial charge is 0.0623 e. The van der Waals surface area contributed by atoms with Gasteiger partial charge in [0.2, 0.25) is 0 Å². The van der Waals surface area contributed by atoms with E-state index in [0.717, 1.165) is 19.4 Å². The van der Waals surface area contributed by atoms with E-state index >= 15 is 0 Å². The van der Waals surface area contributed by atoms with Gasteiger partial charge in [-0.25, -0.2) is 0 Å². The molecule has 0 aromatic heterocycles. The van der Waals surface area contributed by atoms with Gasteiger partial charge in [-0.05, 0) is 47.1 Å². The Hall–Kier alpha value is -0.0800. The molecule has 0 bridgehead atoms. The molecule has 2 nitrogen and oxygen atoms in total. The second-order valence-electron chi connectivity index (χ2n) is 4.29. The third-order valence-electron chi connectivity index (χ3n) is 2.62. The SMILES string of the molecule is CCC(C)(C)OCCCC(C)NC. The van der Waals surface area contributed by atoms with Gasteiger partial charge in [-0.1, -0.05) is 6.92 Å². The van der Waals surface area contributed by atoms with Crippen LogP contribution in [0.5, 0.6) is 0 Å². The molecule has 0 rings (SSSR count). The van der Waals surface area contributed by atoms with Crippen LogP contribution >= 0.6 is 0 Å². The highest BCUT2D eigenvalue weighted by Crippen LogP contribution is 2.14. The molecule has 0 spiro atoms. The highest BCUT2D eigenvalue weighted by atomic mass is 16.5. The number of hydrogen-bond donors (Lipinski definition) is 1. The molecule has 0 fully saturated rings. The molecule has 1 unspecified atom stereocenters. The second-order valence-corrected chi connectivity index (χ2v) is 4.29. The third kappa shape index (κ3) is 7.03. The van der Waals surface area contributed by atoms with Gasteiger partial charge in [-0.2, -0.15) is 0 Å². The normalized spacial score (nSPS) is 14.5. The van der Waals surface area contributed by atoms with Crippen molar-refractivity contribution in [2.75, 3.05) is 13.7 Å². The minimum absolute atomic E-state index is 0.0584. The molecule has 0 aliphatic rings. The molecular weight excluding hydrogens is 162 g/mol. The lowest BCUT2D eigenvalue weighted by Crippen LogP contribution is -2.25. The Balaban J connectivity index is 3.35.